The van der Waals surface area contributed by atoms with Gasteiger partial charge < -0.3 is 0 Å². The maximum Gasteiger partial charge on any atom is 0.0668 e. The van der Waals surface area contributed by atoms with Crippen molar-refractivity contribution >= 4 is 0 Å². The van der Waals surface area contributed by atoms with Gasteiger partial charge in [-0.1, -0.05) is 0 Å². The number of piperidine rings is 1. The topological polar surface area (TPSA) is 44.8 Å². The van der Waals surface area contributed by atoms with Crippen molar-refractivity contribution in [1.29, 1.82) is 0 Å². The molecule has 4 nitrogen and oxygen atoms in total. The van der Waals surface area contributed by atoms with Gasteiger partial charge >= 0.3 is 0 Å². The third-order valence-electron chi connectivity index (χ3n) is 4.33. The van der Waals surface area contributed by atoms with Gasteiger partial charge in [-0.15, -0.1) is 0 Å². The van der Waals surface area contributed by atoms with Crippen LogP contribution in [0, 0.1) is 6.92 Å². The Kier molecular flexibility index (Phi) is 3.83. The van der Waals surface area contributed by atoms with Crippen LogP contribution in [0.5, 0.6) is 0 Å². The minimum absolute atomic E-state index is 0.445. The number of aryl methyl sites for hydroxylation is 1. The zero-order valence-corrected chi connectivity index (χ0v) is 12.2. The van der Waals surface area contributed by atoms with Gasteiger partial charge in [-0.2, -0.15) is 5.10 Å². The zero-order valence-electron chi connectivity index (χ0n) is 12.2. The number of hydrogen-bond donors (Lipinski definition) is 1. The fourth-order valence-corrected chi connectivity index (χ4v) is 3.10. The van der Waals surface area contributed by atoms with Crippen LogP contribution < -0.4 is 0 Å². The summed E-state index contributed by atoms with van der Waals surface area (Å²) < 4.78 is 0. The van der Waals surface area contributed by atoms with Crippen molar-refractivity contribution in [1.82, 2.24) is 20.1 Å². The van der Waals surface area contributed by atoms with Crippen molar-refractivity contribution in [3.05, 3.63) is 47.5 Å². The molecule has 0 radical (unpaired) electrons. The molecule has 1 aliphatic heterocycles. The fraction of sp³-hybridized carbons (Fsp3) is 0.500. The van der Waals surface area contributed by atoms with Crippen LogP contribution in [0.2, 0.25) is 0 Å². The lowest BCUT2D eigenvalue weighted by atomic mass is 9.93. The van der Waals surface area contributed by atoms with E-state index in [4.69, 9.17) is 0 Å². The second-order valence-electron chi connectivity index (χ2n) is 5.77. The van der Waals surface area contributed by atoms with Crippen molar-refractivity contribution in [2.24, 2.45) is 0 Å². The molecule has 1 aliphatic rings. The van der Waals surface area contributed by atoms with Gasteiger partial charge in [0.2, 0.25) is 0 Å². The summed E-state index contributed by atoms with van der Waals surface area (Å²) in [7, 11) is 0. The van der Waals surface area contributed by atoms with Crippen molar-refractivity contribution < 1.29 is 0 Å². The Labute approximate surface area is 120 Å². The molecule has 0 saturated carbocycles. The molecule has 106 valence electrons. The van der Waals surface area contributed by atoms with E-state index in [1.807, 2.05) is 12.4 Å². The number of aromatic nitrogens is 3. The van der Waals surface area contributed by atoms with Crippen molar-refractivity contribution in [3.8, 4) is 0 Å². The third-order valence-corrected chi connectivity index (χ3v) is 4.33. The maximum absolute atomic E-state index is 4.44. The summed E-state index contributed by atoms with van der Waals surface area (Å²) in [6.45, 7) is 6.61. The van der Waals surface area contributed by atoms with Gasteiger partial charge in [0.25, 0.3) is 0 Å². The van der Waals surface area contributed by atoms with Crippen LogP contribution in [0.3, 0.4) is 0 Å². The monoisotopic (exact) mass is 270 g/mol. The van der Waals surface area contributed by atoms with Crippen LogP contribution in [-0.4, -0.2) is 33.2 Å². The summed E-state index contributed by atoms with van der Waals surface area (Å²) in [6, 6.07) is 6.87. The lowest BCUT2D eigenvalue weighted by molar-refractivity contribution is 0.157. The van der Waals surface area contributed by atoms with Crippen molar-refractivity contribution in [2.45, 2.75) is 38.6 Å². The van der Waals surface area contributed by atoms with Gasteiger partial charge in [0.15, 0.2) is 0 Å². The van der Waals surface area contributed by atoms with E-state index in [-0.39, 0.29) is 0 Å². The average Bonchev–Trinajstić information content (AvgIpc) is 2.94. The number of nitrogens with zero attached hydrogens (tertiary/aromatic N) is 3. The van der Waals surface area contributed by atoms with Gasteiger partial charge in [-0.3, -0.25) is 15.0 Å². The molecular formula is C16H22N4. The molecule has 2 aromatic rings. The highest BCUT2D eigenvalue weighted by molar-refractivity contribution is 5.17. The molecule has 0 aliphatic carbocycles. The van der Waals surface area contributed by atoms with Gasteiger partial charge in [-0.05, 0) is 57.0 Å². The number of nitrogens with one attached hydrogen (secondary N) is 1. The van der Waals surface area contributed by atoms with E-state index in [1.165, 1.54) is 30.6 Å². The molecule has 0 spiro atoms. The lowest BCUT2D eigenvalue weighted by Crippen LogP contribution is -2.36. The Balaban J connectivity index is 1.72. The molecule has 0 aromatic carbocycles. The first kappa shape index (κ1) is 13.3. The van der Waals surface area contributed by atoms with E-state index in [2.05, 4.69) is 52.1 Å². The smallest absolute Gasteiger partial charge is 0.0668 e. The number of hydrogen-bond acceptors (Lipinski definition) is 3. The molecule has 4 heteroatoms. The molecule has 1 N–H and O–H groups in total. The first-order valence-electron chi connectivity index (χ1n) is 7.40. The fourth-order valence-electron chi connectivity index (χ4n) is 3.10. The van der Waals surface area contributed by atoms with E-state index < -0.39 is 0 Å². The van der Waals surface area contributed by atoms with Gasteiger partial charge in [0, 0.05) is 36.6 Å². The van der Waals surface area contributed by atoms with Gasteiger partial charge in [-0.25, -0.2) is 0 Å². The minimum atomic E-state index is 0.445. The number of rotatable bonds is 3. The van der Waals surface area contributed by atoms with Gasteiger partial charge in [0.05, 0.1) is 5.69 Å². The molecular weight excluding hydrogens is 248 g/mol. The second kappa shape index (κ2) is 5.75. The van der Waals surface area contributed by atoms with Gasteiger partial charge in [0.1, 0.15) is 0 Å². The predicted octanol–water partition coefficient (Wildman–Crippen LogP) is 3.05. The van der Waals surface area contributed by atoms with Crippen LogP contribution in [-0.2, 0) is 0 Å². The van der Waals surface area contributed by atoms with E-state index in [0.29, 0.717) is 12.0 Å². The Morgan fingerprint density at radius 2 is 2.15 bits per heavy atom. The summed E-state index contributed by atoms with van der Waals surface area (Å²) in [6.07, 6.45) is 6.24. The molecule has 2 unspecified atom stereocenters. The largest absolute Gasteiger partial charge is 0.296 e. The lowest BCUT2D eigenvalue weighted by Gasteiger charge is -2.36. The van der Waals surface area contributed by atoms with E-state index in [9.17, 15) is 0 Å². The molecule has 0 amide bonds. The number of pyridine rings is 1. The summed E-state index contributed by atoms with van der Waals surface area (Å²) in [5.41, 5.74) is 3.72. The molecule has 1 saturated heterocycles. The molecule has 2 aromatic heterocycles. The normalized spacial score (nSPS) is 21.8. The Morgan fingerprint density at radius 1 is 1.35 bits per heavy atom. The highest BCUT2D eigenvalue weighted by atomic mass is 15.2. The van der Waals surface area contributed by atoms with E-state index in [0.717, 1.165) is 12.2 Å². The highest BCUT2D eigenvalue weighted by Gasteiger charge is 2.26. The highest BCUT2D eigenvalue weighted by Crippen LogP contribution is 2.31. The first-order chi connectivity index (χ1) is 9.74. The number of likely N-dealkylation sites (tertiary alicyclic amines) is 1. The Morgan fingerprint density at radius 3 is 2.85 bits per heavy atom. The average molecular weight is 270 g/mol. The van der Waals surface area contributed by atoms with Crippen molar-refractivity contribution in [2.75, 3.05) is 13.1 Å². The number of H-pyrrole nitrogens is 1. The molecule has 3 heterocycles. The third kappa shape index (κ3) is 2.75. The quantitative estimate of drug-likeness (QED) is 0.932. The molecule has 20 heavy (non-hydrogen) atoms. The Bertz CT molecular complexity index is 549. The second-order valence-corrected chi connectivity index (χ2v) is 5.77. The summed E-state index contributed by atoms with van der Waals surface area (Å²) >= 11 is 0. The van der Waals surface area contributed by atoms with E-state index >= 15 is 0 Å². The van der Waals surface area contributed by atoms with Crippen LogP contribution in [0.15, 0.2) is 30.6 Å². The number of aromatic amines is 1. The molecule has 3 rings (SSSR count). The van der Waals surface area contributed by atoms with Crippen LogP contribution in [0.25, 0.3) is 0 Å². The zero-order chi connectivity index (χ0) is 13.9. The minimum Gasteiger partial charge on any atom is -0.296 e. The Hall–Kier alpha value is -1.68. The SMILES string of the molecule is Cc1cc(C2CCCN(C(C)c3ccncc3)C2)n[nH]1. The molecule has 1 fully saturated rings. The predicted molar refractivity (Wildman–Crippen MR) is 79.5 cm³/mol. The van der Waals surface area contributed by atoms with Crippen molar-refractivity contribution in [3.63, 3.8) is 0 Å². The first-order valence-corrected chi connectivity index (χ1v) is 7.40. The van der Waals surface area contributed by atoms with Crippen LogP contribution >= 0.6 is 0 Å². The standard InChI is InChI=1S/C16H22N4/c1-12-10-16(19-18-12)15-4-3-9-20(11-15)13(2)14-5-7-17-8-6-14/h5-8,10,13,15H,3-4,9,11H2,1-2H3,(H,18,19). The molecule has 2 atom stereocenters. The summed E-state index contributed by atoms with van der Waals surface area (Å²) in [5.74, 6) is 0.554. The van der Waals surface area contributed by atoms with Crippen LogP contribution in [0.1, 0.15) is 48.7 Å². The van der Waals surface area contributed by atoms with Crippen LogP contribution in [0.4, 0.5) is 0 Å². The maximum atomic E-state index is 4.44. The summed E-state index contributed by atoms with van der Waals surface area (Å²) in [5, 5.41) is 7.51. The summed E-state index contributed by atoms with van der Waals surface area (Å²) in [4.78, 5) is 6.67. The molecule has 0 bridgehead atoms. The van der Waals surface area contributed by atoms with E-state index in [1.54, 1.807) is 0 Å².